The highest BCUT2D eigenvalue weighted by molar-refractivity contribution is 6.32. The summed E-state index contributed by atoms with van der Waals surface area (Å²) in [4.78, 5) is 45.2. The van der Waals surface area contributed by atoms with Crippen molar-refractivity contribution in [2.45, 2.75) is 18.0 Å². The fraction of sp³-hybridized carbons (Fsp3) is 0.121. The largest absolute Gasteiger partial charge is 0.352 e. The molecule has 3 atom stereocenters. The first-order chi connectivity index (χ1) is 19.3. The van der Waals surface area contributed by atoms with Gasteiger partial charge in [0, 0.05) is 38.9 Å². The van der Waals surface area contributed by atoms with E-state index in [1.807, 2.05) is 0 Å². The Hall–Kier alpha value is -4.42. The molecule has 4 aromatic carbocycles. The Labute approximate surface area is 233 Å². The Morgan fingerprint density at radius 1 is 0.825 bits per heavy atom. The number of benzene rings is 4. The predicted molar refractivity (Wildman–Crippen MR) is 148 cm³/mol. The standard InChI is InChI=1S/C33H20ClF2NO3/c34-20-12-9-18(10-13-20)30(38)29-28(24-7-3-4-8-25(24)36)33(31(39)22-5-1-2-6-23(22)32(33)40)27-16-11-19-17-21(35)14-15-26(19)37(27)29/h1-17,27-29H. The van der Waals surface area contributed by atoms with E-state index in [0.717, 1.165) is 0 Å². The van der Waals surface area contributed by atoms with Gasteiger partial charge in [0.15, 0.2) is 17.3 Å². The minimum atomic E-state index is -1.83. The maximum atomic E-state index is 15.7. The molecule has 1 fully saturated rings. The van der Waals surface area contributed by atoms with E-state index >= 15 is 4.39 Å². The van der Waals surface area contributed by atoms with Crippen LogP contribution in [0, 0.1) is 17.0 Å². The molecule has 2 heterocycles. The molecule has 3 unspecified atom stereocenters. The normalized spacial score (nSPS) is 21.9. The maximum Gasteiger partial charge on any atom is 0.185 e. The van der Waals surface area contributed by atoms with Crippen LogP contribution in [0.2, 0.25) is 5.02 Å². The van der Waals surface area contributed by atoms with Crippen molar-refractivity contribution in [1.29, 1.82) is 0 Å². The van der Waals surface area contributed by atoms with E-state index in [9.17, 15) is 18.8 Å². The number of carbonyl (C=O) groups is 3. The lowest BCUT2D eigenvalue weighted by molar-refractivity contribution is 0.0664. The monoisotopic (exact) mass is 551 g/mol. The van der Waals surface area contributed by atoms with Crippen molar-refractivity contribution >= 4 is 40.7 Å². The third-order valence-electron chi connectivity index (χ3n) is 8.40. The third-order valence-corrected chi connectivity index (χ3v) is 8.66. The van der Waals surface area contributed by atoms with Crippen molar-refractivity contribution in [1.82, 2.24) is 0 Å². The second-order valence-electron chi connectivity index (χ2n) is 10.3. The molecule has 0 aromatic heterocycles. The molecule has 0 radical (unpaired) electrons. The molecule has 0 amide bonds. The fourth-order valence-electron chi connectivity index (χ4n) is 6.80. The van der Waals surface area contributed by atoms with Gasteiger partial charge in [-0.25, -0.2) is 8.78 Å². The van der Waals surface area contributed by atoms with Gasteiger partial charge >= 0.3 is 0 Å². The van der Waals surface area contributed by atoms with Gasteiger partial charge < -0.3 is 4.90 Å². The van der Waals surface area contributed by atoms with E-state index in [1.54, 1.807) is 71.6 Å². The van der Waals surface area contributed by atoms with Crippen LogP contribution in [0.25, 0.3) is 6.08 Å². The van der Waals surface area contributed by atoms with Crippen LogP contribution >= 0.6 is 11.6 Å². The predicted octanol–water partition coefficient (Wildman–Crippen LogP) is 6.93. The number of hydrogen-bond acceptors (Lipinski definition) is 4. The van der Waals surface area contributed by atoms with Gasteiger partial charge in [0.25, 0.3) is 0 Å². The van der Waals surface area contributed by atoms with Crippen molar-refractivity contribution < 1.29 is 23.2 Å². The van der Waals surface area contributed by atoms with E-state index in [-0.39, 0.29) is 16.7 Å². The van der Waals surface area contributed by atoms with Crippen LogP contribution in [0.15, 0.2) is 97.1 Å². The Kier molecular flexibility index (Phi) is 5.41. The summed E-state index contributed by atoms with van der Waals surface area (Å²) in [7, 11) is 0. The zero-order valence-corrected chi connectivity index (χ0v) is 21.6. The molecule has 2 aliphatic heterocycles. The molecule has 4 nitrogen and oxygen atoms in total. The van der Waals surface area contributed by atoms with Crippen LogP contribution in [-0.4, -0.2) is 29.4 Å². The molecule has 1 aliphatic carbocycles. The molecule has 7 heteroatoms. The highest BCUT2D eigenvalue weighted by Crippen LogP contribution is 2.61. The van der Waals surface area contributed by atoms with Gasteiger partial charge in [-0.15, -0.1) is 0 Å². The summed E-state index contributed by atoms with van der Waals surface area (Å²) in [6.07, 6.45) is 3.34. The first-order valence-electron chi connectivity index (χ1n) is 12.8. The molecule has 1 saturated heterocycles. The number of fused-ring (bicyclic) bond motifs is 5. The highest BCUT2D eigenvalue weighted by atomic mass is 35.5. The Balaban J connectivity index is 1.56. The zero-order chi connectivity index (χ0) is 27.8. The molecule has 0 bridgehead atoms. The first kappa shape index (κ1) is 24.6. The molecule has 0 saturated carbocycles. The first-order valence-corrected chi connectivity index (χ1v) is 13.2. The highest BCUT2D eigenvalue weighted by Gasteiger charge is 2.71. The molecule has 40 heavy (non-hydrogen) atoms. The number of rotatable bonds is 3. The summed E-state index contributed by atoms with van der Waals surface area (Å²) in [5, 5.41) is 0.432. The summed E-state index contributed by atoms with van der Waals surface area (Å²) in [5.74, 6) is -3.61. The maximum absolute atomic E-state index is 15.7. The van der Waals surface area contributed by atoms with E-state index < -0.39 is 52.4 Å². The fourth-order valence-corrected chi connectivity index (χ4v) is 6.93. The zero-order valence-electron chi connectivity index (χ0n) is 20.9. The number of anilines is 1. The topological polar surface area (TPSA) is 54.5 Å². The number of hydrogen-bond donors (Lipinski definition) is 0. The molecular weight excluding hydrogens is 532 g/mol. The van der Waals surface area contributed by atoms with Crippen molar-refractivity contribution in [3.8, 4) is 0 Å². The Morgan fingerprint density at radius 2 is 1.48 bits per heavy atom. The van der Waals surface area contributed by atoms with Gasteiger partial charge in [0.05, 0.1) is 6.04 Å². The number of Topliss-reactive ketones (excluding diaryl/α,β-unsaturated/α-hetero) is 3. The van der Waals surface area contributed by atoms with Crippen LogP contribution < -0.4 is 4.90 Å². The summed E-state index contributed by atoms with van der Waals surface area (Å²) in [6, 6.07) is 20.8. The summed E-state index contributed by atoms with van der Waals surface area (Å²) in [5.41, 5.74) is 0.0106. The van der Waals surface area contributed by atoms with Crippen molar-refractivity contribution in [2.75, 3.05) is 4.90 Å². The smallest absolute Gasteiger partial charge is 0.185 e. The van der Waals surface area contributed by atoms with Gasteiger partial charge in [-0.3, -0.25) is 14.4 Å². The van der Waals surface area contributed by atoms with Gasteiger partial charge in [-0.1, -0.05) is 66.2 Å². The quantitative estimate of drug-likeness (QED) is 0.204. The van der Waals surface area contributed by atoms with Crippen molar-refractivity contribution in [2.24, 2.45) is 5.41 Å². The summed E-state index contributed by atoms with van der Waals surface area (Å²) >= 11 is 6.10. The molecule has 0 N–H and O–H groups in total. The lowest BCUT2D eigenvalue weighted by atomic mass is 9.64. The summed E-state index contributed by atoms with van der Waals surface area (Å²) in [6.45, 7) is 0. The van der Waals surface area contributed by atoms with E-state index in [1.165, 1.54) is 36.4 Å². The van der Waals surface area contributed by atoms with Crippen LogP contribution in [0.1, 0.15) is 48.1 Å². The summed E-state index contributed by atoms with van der Waals surface area (Å²) < 4.78 is 30.0. The average molecular weight is 552 g/mol. The molecule has 1 spiro atoms. The van der Waals surface area contributed by atoms with Gasteiger partial charge in [0.2, 0.25) is 0 Å². The van der Waals surface area contributed by atoms with Crippen LogP contribution in [-0.2, 0) is 0 Å². The minimum absolute atomic E-state index is 0.0933. The molecule has 196 valence electrons. The lowest BCUT2D eigenvalue weighted by Crippen LogP contribution is -2.48. The van der Waals surface area contributed by atoms with E-state index in [0.29, 0.717) is 21.8 Å². The minimum Gasteiger partial charge on any atom is -0.352 e. The van der Waals surface area contributed by atoms with Crippen molar-refractivity contribution in [3.05, 3.63) is 142 Å². The molecule has 4 aromatic rings. The third kappa shape index (κ3) is 3.20. The number of carbonyl (C=O) groups excluding carboxylic acids is 3. The van der Waals surface area contributed by atoms with Gasteiger partial charge in [-0.05, 0) is 54.1 Å². The Morgan fingerprint density at radius 3 is 2.15 bits per heavy atom. The second kappa shape index (κ2) is 8.80. The average Bonchev–Trinajstić information content (AvgIpc) is 3.39. The lowest BCUT2D eigenvalue weighted by Gasteiger charge is -2.37. The van der Waals surface area contributed by atoms with E-state index in [2.05, 4.69) is 0 Å². The van der Waals surface area contributed by atoms with Crippen LogP contribution in [0.3, 0.4) is 0 Å². The number of nitrogens with zero attached hydrogens (tertiary/aromatic N) is 1. The SMILES string of the molecule is O=C(c1ccc(Cl)cc1)C1C(c2ccccc2F)C2(C(=O)c3ccccc3C2=O)C2C=Cc3cc(F)ccc3N12. The van der Waals surface area contributed by atoms with Crippen LogP contribution in [0.5, 0.6) is 0 Å². The van der Waals surface area contributed by atoms with Crippen LogP contribution in [0.4, 0.5) is 14.5 Å². The Bertz CT molecular complexity index is 1750. The van der Waals surface area contributed by atoms with Crippen molar-refractivity contribution in [3.63, 3.8) is 0 Å². The molecular formula is C33H20ClF2NO3. The molecule has 3 aliphatic rings. The van der Waals surface area contributed by atoms with Gasteiger partial charge in [0.1, 0.15) is 23.1 Å². The number of ketones is 3. The van der Waals surface area contributed by atoms with E-state index in [4.69, 9.17) is 11.6 Å². The second-order valence-corrected chi connectivity index (χ2v) is 10.7. The number of halogens is 3. The molecule has 7 rings (SSSR count). The van der Waals surface area contributed by atoms with Gasteiger partial charge in [-0.2, -0.15) is 0 Å².